The van der Waals surface area contributed by atoms with Gasteiger partial charge in [0, 0.05) is 38.5 Å². The topological polar surface area (TPSA) is 46.2 Å². The molecule has 0 aliphatic carbocycles. The Morgan fingerprint density at radius 1 is 0.737 bits per heavy atom. The molecule has 2 atom stereocenters. The van der Waals surface area contributed by atoms with Gasteiger partial charge < -0.3 is 21.8 Å². The maximum absolute atomic E-state index is 6.12. The fraction of sp³-hybridized carbons (Fsp3) is 1.00. The molecule has 0 radical (unpaired) electrons. The molecule has 116 valence electrons. The van der Waals surface area contributed by atoms with E-state index in [1.807, 2.05) is 54.6 Å². The Kier molecular flexibility index (Phi) is 8.61. The highest BCUT2D eigenvalue weighted by Crippen LogP contribution is 2.22. The molecule has 0 aromatic carbocycles. The molecule has 0 saturated heterocycles. The second-order valence-electron chi connectivity index (χ2n) is 5.03. The summed E-state index contributed by atoms with van der Waals surface area (Å²) < 4.78 is 29.3. The summed E-state index contributed by atoms with van der Waals surface area (Å²) in [6.07, 6.45) is 0.0873. The zero-order valence-electron chi connectivity index (χ0n) is 13.6. The predicted molar refractivity (Wildman–Crippen MR) is 80.0 cm³/mol. The van der Waals surface area contributed by atoms with Crippen LogP contribution in [0.2, 0.25) is 13.1 Å². The van der Waals surface area contributed by atoms with Crippen LogP contribution in [0.4, 0.5) is 0 Å². The molecular weight excluding hydrogens is 280 g/mol. The lowest BCUT2D eigenvalue weighted by atomic mass is 10.5. The molecule has 0 aliphatic heterocycles. The molecule has 0 amide bonds. The number of hydrogen-bond donors (Lipinski definition) is 0. The maximum atomic E-state index is 6.12. The van der Waals surface area contributed by atoms with E-state index in [4.69, 9.17) is 21.8 Å². The van der Waals surface area contributed by atoms with Crippen molar-refractivity contribution in [2.45, 2.75) is 66.8 Å². The molecule has 0 rings (SSSR count). The third-order valence-electron chi connectivity index (χ3n) is 2.08. The van der Waals surface area contributed by atoms with Gasteiger partial charge >= 0.3 is 17.6 Å². The molecule has 0 heterocycles. The summed E-state index contributed by atoms with van der Waals surface area (Å²) >= 11 is 0. The predicted octanol–water partition coefficient (Wildman–Crippen LogP) is 3.06. The first-order valence-corrected chi connectivity index (χ1v) is 11.4. The van der Waals surface area contributed by atoms with Crippen LogP contribution in [-0.4, -0.2) is 43.0 Å². The summed E-state index contributed by atoms with van der Waals surface area (Å²) in [6, 6.07) is 0. The highest BCUT2D eigenvalue weighted by atomic mass is 28.5. The molecule has 2 unspecified atom stereocenters. The maximum Gasteiger partial charge on any atom is 0.490 e. The molecule has 0 fully saturated rings. The van der Waals surface area contributed by atoms with Crippen molar-refractivity contribution >= 4 is 17.6 Å². The van der Waals surface area contributed by atoms with Crippen molar-refractivity contribution in [2.75, 3.05) is 13.2 Å². The Bertz CT molecular complexity index is 228. The zero-order chi connectivity index (χ0) is 15.1. The normalized spacial score (nSPS) is 18.6. The van der Waals surface area contributed by atoms with Gasteiger partial charge in [0.2, 0.25) is 0 Å². The van der Waals surface area contributed by atoms with Gasteiger partial charge in [-0.2, -0.15) is 0 Å². The minimum atomic E-state index is -2.74. The minimum Gasteiger partial charge on any atom is -0.374 e. The Hall–Kier alpha value is 0.234. The average Bonchev–Trinajstić information content (AvgIpc) is 2.12. The van der Waals surface area contributed by atoms with Crippen molar-refractivity contribution in [3.8, 4) is 0 Å². The average molecular weight is 311 g/mol. The van der Waals surface area contributed by atoms with Crippen LogP contribution in [0.5, 0.6) is 0 Å². The Morgan fingerprint density at radius 3 is 1.26 bits per heavy atom. The fourth-order valence-corrected chi connectivity index (χ4v) is 8.34. The van der Waals surface area contributed by atoms with E-state index >= 15 is 0 Å². The summed E-state index contributed by atoms with van der Waals surface area (Å²) in [5.41, 5.74) is 0. The highest BCUT2D eigenvalue weighted by Gasteiger charge is 2.48. The first-order chi connectivity index (χ1) is 8.66. The van der Waals surface area contributed by atoms with Crippen LogP contribution < -0.4 is 0 Å². The molecular formula is C12H30O5Si2. The number of hydrogen-bond acceptors (Lipinski definition) is 5. The van der Waals surface area contributed by atoms with Crippen LogP contribution in [-0.2, 0) is 21.8 Å². The van der Waals surface area contributed by atoms with Crippen LogP contribution in [0.25, 0.3) is 0 Å². The highest BCUT2D eigenvalue weighted by molar-refractivity contribution is 6.73. The SMILES string of the molecule is CCO[Si](C)(OC(C)C)O[Si](C)(OCC)OC(C)C. The molecule has 0 bridgehead atoms. The largest absolute Gasteiger partial charge is 0.490 e. The summed E-state index contributed by atoms with van der Waals surface area (Å²) in [5, 5.41) is 0. The Labute approximate surface area is 120 Å². The van der Waals surface area contributed by atoms with Gasteiger partial charge in [0.1, 0.15) is 0 Å². The molecule has 0 N–H and O–H groups in total. The second-order valence-corrected chi connectivity index (χ2v) is 10.3. The monoisotopic (exact) mass is 310 g/mol. The molecule has 5 nitrogen and oxygen atoms in total. The third kappa shape index (κ3) is 8.18. The summed E-state index contributed by atoms with van der Waals surface area (Å²) in [4.78, 5) is 0. The van der Waals surface area contributed by atoms with Gasteiger partial charge in [-0.3, -0.25) is 0 Å². The molecule has 0 saturated carbocycles. The van der Waals surface area contributed by atoms with E-state index in [2.05, 4.69) is 0 Å². The van der Waals surface area contributed by atoms with Crippen molar-refractivity contribution in [3.05, 3.63) is 0 Å². The summed E-state index contributed by atoms with van der Waals surface area (Å²) in [6.45, 7) is 16.6. The van der Waals surface area contributed by atoms with Crippen molar-refractivity contribution in [1.29, 1.82) is 0 Å². The summed E-state index contributed by atoms with van der Waals surface area (Å²) in [5.74, 6) is 0. The van der Waals surface area contributed by atoms with Gasteiger partial charge in [0.15, 0.2) is 0 Å². The first kappa shape index (κ1) is 19.2. The van der Waals surface area contributed by atoms with Crippen LogP contribution in [0.15, 0.2) is 0 Å². The van der Waals surface area contributed by atoms with Crippen LogP contribution in [0.3, 0.4) is 0 Å². The van der Waals surface area contributed by atoms with Crippen LogP contribution in [0.1, 0.15) is 41.5 Å². The number of rotatable bonds is 10. The Balaban J connectivity index is 4.91. The quantitative estimate of drug-likeness (QED) is 0.580. The minimum absolute atomic E-state index is 0.0437. The van der Waals surface area contributed by atoms with Crippen molar-refractivity contribution < 1.29 is 21.8 Å². The van der Waals surface area contributed by atoms with Crippen LogP contribution in [0, 0.1) is 0 Å². The van der Waals surface area contributed by atoms with Gasteiger partial charge in [-0.15, -0.1) is 0 Å². The lowest BCUT2D eigenvalue weighted by Gasteiger charge is -2.36. The molecule has 0 aliphatic rings. The van der Waals surface area contributed by atoms with E-state index in [1.165, 1.54) is 0 Å². The van der Waals surface area contributed by atoms with Crippen LogP contribution >= 0.6 is 0 Å². The second kappa shape index (κ2) is 8.50. The molecule has 7 heteroatoms. The van der Waals surface area contributed by atoms with E-state index in [0.29, 0.717) is 13.2 Å². The lowest BCUT2D eigenvalue weighted by Crippen LogP contribution is -2.57. The zero-order valence-corrected chi connectivity index (χ0v) is 15.6. The van der Waals surface area contributed by atoms with Gasteiger partial charge in [0.25, 0.3) is 0 Å². The van der Waals surface area contributed by atoms with E-state index in [-0.39, 0.29) is 12.2 Å². The van der Waals surface area contributed by atoms with Crippen molar-refractivity contribution in [3.63, 3.8) is 0 Å². The van der Waals surface area contributed by atoms with E-state index in [1.54, 1.807) is 0 Å². The first-order valence-electron chi connectivity index (χ1n) is 7.00. The molecule has 19 heavy (non-hydrogen) atoms. The summed E-state index contributed by atoms with van der Waals surface area (Å²) in [7, 11) is -5.48. The van der Waals surface area contributed by atoms with Gasteiger partial charge in [-0.25, -0.2) is 0 Å². The van der Waals surface area contributed by atoms with Gasteiger partial charge in [-0.05, 0) is 41.5 Å². The molecule has 0 aromatic rings. The van der Waals surface area contributed by atoms with Gasteiger partial charge in [0.05, 0.1) is 0 Å². The van der Waals surface area contributed by atoms with E-state index in [0.717, 1.165) is 0 Å². The molecule has 0 spiro atoms. The lowest BCUT2D eigenvalue weighted by molar-refractivity contribution is 0.0281. The van der Waals surface area contributed by atoms with E-state index < -0.39 is 17.6 Å². The fourth-order valence-electron chi connectivity index (χ4n) is 1.89. The van der Waals surface area contributed by atoms with Gasteiger partial charge in [-0.1, -0.05) is 0 Å². The standard InChI is InChI=1S/C12H30O5Si2/c1-9-13-18(7,15-11(3)4)17-19(8,14-10-2)16-12(5)6/h11-12H,9-10H2,1-8H3. The van der Waals surface area contributed by atoms with Crippen molar-refractivity contribution in [1.82, 2.24) is 0 Å². The van der Waals surface area contributed by atoms with Crippen molar-refractivity contribution in [2.24, 2.45) is 0 Å². The molecule has 0 aromatic heterocycles. The third-order valence-corrected chi connectivity index (χ3v) is 8.47. The smallest absolute Gasteiger partial charge is 0.374 e. The Morgan fingerprint density at radius 2 is 1.05 bits per heavy atom. The van der Waals surface area contributed by atoms with E-state index in [9.17, 15) is 0 Å².